The van der Waals surface area contributed by atoms with Gasteiger partial charge in [-0.3, -0.25) is 4.79 Å². The first kappa shape index (κ1) is 17.0. The van der Waals surface area contributed by atoms with Gasteiger partial charge in [0.2, 0.25) is 15.9 Å². The molecule has 1 amide bonds. The van der Waals surface area contributed by atoms with Gasteiger partial charge < -0.3 is 4.90 Å². The molecule has 3 saturated heterocycles. The van der Waals surface area contributed by atoms with Gasteiger partial charge in [0.15, 0.2) is 0 Å². The van der Waals surface area contributed by atoms with E-state index in [0.29, 0.717) is 23.9 Å². The number of piperidine rings is 1. The summed E-state index contributed by atoms with van der Waals surface area (Å²) < 4.78 is 27.9. The number of amides is 1. The van der Waals surface area contributed by atoms with Gasteiger partial charge in [-0.15, -0.1) is 0 Å². The monoisotopic (exact) mass is 362 g/mol. The van der Waals surface area contributed by atoms with Gasteiger partial charge in [-0.05, 0) is 50.2 Å². The van der Waals surface area contributed by atoms with Crippen molar-refractivity contribution in [2.24, 2.45) is 11.8 Å². The second kappa shape index (κ2) is 6.40. The minimum atomic E-state index is -3.55. The van der Waals surface area contributed by atoms with Crippen LogP contribution in [0.1, 0.15) is 37.7 Å². The third-order valence-electron chi connectivity index (χ3n) is 6.15. The molecule has 1 saturated carbocycles. The summed E-state index contributed by atoms with van der Waals surface area (Å²) >= 11 is 0. The molecule has 2 atom stereocenters. The van der Waals surface area contributed by atoms with Crippen molar-refractivity contribution in [2.75, 3.05) is 19.6 Å². The van der Waals surface area contributed by atoms with Crippen molar-refractivity contribution in [1.82, 2.24) is 9.21 Å². The molecule has 0 radical (unpaired) electrons. The van der Waals surface area contributed by atoms with Crippen LogP contribution in [0.4, 0.5) is 0 Å². The fraction of sp³-hybridized carbons (Fsp3) is 0.632. The maximum atomic E-state index is 13.2. The normalized spacial score (nSPS) is 28.0. The average Bonchev–Trinajstić information content (AvgIpc) is 2.83. The number of hydrogen-bond donors (Lipinski definition) is 0. The predicted octanol–water partition coefficient (Wildman–Crippen LogP) is 2.41. The predicted molar refractivity (Wildman–Crippen MR) is 95.5 cm³/mol. The first-order chi connectivity index (χ1) is 12.0. The number of carbonyl (C=O) groups excluding carboxylic acids is 1. The van der Waals surface area contributed by atoms with Gasteiger partial charge in [0.1, 0.15) is 0 Å². The van der Waals surface area contributed by atoms with E-state index in [1.165, 1.54) is 19.3 Å². The molecule has 2 bridgehead atoms. The Morgan fingerprint density at radius 3 is 2.52 bits per heavy atom. The smallest absolute Gasteiger partial charge is 0.243 e. The zero-order valence-electron chi connectivity index (χ0n) is 14.7. The lowest BCUT2D eigenvalue weighted by Gasteiger charge is -2.40. The standard InChI is InChI=1S/C19H26N2O3S/c1-14-5-2-3-8-18(14)25(23,24)20-12-16-9-10-17(13-20)21(19(16)22)11-15-6-4-7-15/h2-3,5,8,15-17H,4,6-7,9-13H2,1H3/t16-,17+/m0/s1. The summed E-state index contributed by atoms with van der Waals surface area (Å²) in [5, 5.41) is 0. The maximum Gasteiger partial charge on any atom is 0.243 e. The molecule has 1 aromatic rings. The molecule has 0 aromatic heterocycles. The molecule has 3 aliphatic heterocycles. The van der Waals surface area contributed by atoms with Crippen molar-refractivity contribution < 1.29 is 13.2 Å². The van der Waals surface area contributed by atoms with Crippen LogP contribution in [0.2, 0.25) is 0 Å². The molecule has 136 valence electrons. The van der Waals surface area contributed by atoms with Crippen LogP contribution in [0.5, 0.6) is 0 Å². The first-order valence-electron chi connectivity index (χ1n) is 9.33. The SMILES string of the molecule is Cc1ccccc1S(=O)(=O)N1C[C@@H]2CC[C@H](C1)N(CC1CCC1)C2=O. The first-order valence-corrected chi connectivity index (χ1v) is 10.8. The van der Waals surface area contributed by atoms with E-state index in [1.54, 1.807) is 16.4 Å². The molecular weight excluding hydrogens is 336 g/mol. The molecule has 5 rings (SSSR count). The summed E-state index contributed by atoms with van der Waals surface area (Å²) in [4.78, 5) is 15.2. The lowest BCUT2D eigenvalue weighted by molar-refractivity contribution is -0.141. The van der Waals surface area contributed by atoms with Crippen LogP contribution in [0.25, 0.3) is 0 Å². The molecule has 0 N–H and O–H groups in total. The van der Waals surface area contributed by atoms with E-state index in [9.17, 15) is 13.2 Å². The third kappa shape index (κ3) is 2.99. The number of fused-ring (bicyclic) bond motifs is 4. The zero-order valence-corrected chi connectivity index (χ0v) is 15.5. The van der Waals surface area contributed by atoms with Crippen molar-refractivity contribution in [2.45, 2.75) is 50.0 Å². The number of nitrogens with zero attached hydrogens (tertiary/aromatic N) is 2. The van der Waals surface area contributed by atoms with E-state index in [-0.39, 0.29) is 17.9 Å². The number of aryl methyl sites for hydroxylation is 1. The number of benzene rings is 1. The molecule has 0 spiro atoms. The number of hydrogen-bond acceptors (Lipinski definition) is 3. The summed E-state index contributed by atoms with van der Waals surface area (Å²) in [5.41, 5.74) is 0.761. The van der Waals surface area contributed by atoms with Gasteiger partial charge in [0.25, 0.3) is 0 Å². The van der Waals surface area contributed by atoms with E-state index < -0.39 is 10.0 Å². The Kier molecular flexibility index (Phi) is 4.36. The van der Waals surface area contributed by atoms with E-state index in [1.807, 2.05) is 24.0 Å². The largest absolute Gasteiger partial charge is 0.338 e. The number of sulfonamides is 1. The lowest BCUT2D eigenvalue weighted by atomic mass is 9.83. The summed E-state index contributed by atoms with van der Waals surface area (Å²) in [6.07, 6.45) is 5.39. The van der Waals surface area contributed by atoms with Crippen molar-refractivity contribution in [3.05, 3.63) is 29.8 Å². The topological polar surface area (TPSA) is 57.7 Å². The van der Waals surface area contributed by atoms with Crippen LogP contribution >= 0.6 is 0 Å². The lowest BCUT2D eigenvalue weighted by Crippen LogP contribution is -2.50. The van der Waals surface area contributed by atoms with Crippen LogP contribution in [0, 0.1) is 18.8 Å². The highest BCUT2D eigenvalue weighted by molar-refractivity contribution is 7.89. The Balaban J connectivity index is 1.61. The minimum absolute atomic E-state index is 0.0330. The van der Waals surface area contributed by atoms with Gasteiger partial charge in [0.05, 0.1) is 10.8 Å². The van der Waals surface area contributed by atoms with Crippen LogP contribution in [0.3, 0.4) is 0 Å². The van der Waals surface area contributed by atoms with E-state index >= 15 is 0 Å². The molecule has 6 heteroatoms. The number of rotatable bonds is 4. The van der Waals surface area contributed by atoms with Gasteiger partial charge in [-0.1, -0.05) is 24.6 Å². The molecular formula is C19H26N2O3S. The highest BCUT2D eigenvalue weighted by Gasteiger charge is 2.45. The van der Waals surface area contributed by atoms with Crippen LogP contribution in [-0.2, 0) is 14.8 Å². The third-order valence-corrected chi connectivity index (χ3v) is 8.14. The summed E-state index contributed by atoms with van der Waals surface area (Å²) in [6, 6.07) is 7.15. The van der Waals surface area contributed by atoms with E-state index in [4.69, 9.17) is 0 Å². The fourth-order valence-corrected chi connectivity index (χ4v) is 6.12. The van der Waals surface area contributed by atoms with Crippen molar-refractivity contribution in [3.63, 3.8) is 0 Å². The van der Waals surface area contributed by atoms with E-state index in [0.717, 1.165) is 24.9 Å². The van der Waals surface area contributed by atoms with E-state index in [2.05, 4.69) is 0 Å². The molecule has 4 fully saturated rings. The van der Waals surface area contributed by atoms with Gasteiger partial charge >= 0.3 is 0 Å². The van der Waals surface area contributed by atoms with Gasteiger partial charge in [-0.25, -0.2) is 8.42 Å². The minimum Gasteiger partial charge on any atom is -0.338 e. The number of carbonyl (C=O) groups is 1. The second-order valence-electron chi connectivity index (χ2n) is 7.80. The average molecular weight is 362 g/mol. The van der Waals surface area contributed by atoms with Crippen molar-refractivity contribution >= 4 is 15.9 Å². The van der Waals surface area contributed by atoms with Crippen molar-refractivity contribution in [1.29, 1.82) is 0 Å². The maximum absolute atomic E-state index is 13.2. The van der Waals surface area contributed by atoms with Crippen LogP contribution in [-0.4, -0.2) is 49.2 Å². The highest BCUT2D eigenvalue weighted by atomic mass is 32.2. The van der Waals surface area contributed by atoms with Gasteiger partial charge in [-0.2, -0.15) is 4.31 Å². The second-order valence-corrected chi connectivity index (χ2v) is 9.71. The molecule has 4 aliphatic rings. The fourth-order valence-electron chi connectivity index (χ4n) is 4.38. The summed E-state index contributed by atoms with van der Waals surface area (Å²) in [7, 11) is -3.55. The molecule has 25 heavy (non-hydrogen) atoms. The molecule has 1 aromatic carbocycles. The Bertz CT molecular complexity index is 773. The van der Waals surface area contributed by atoms with Gasteiger partial charge in [0, 0.05) is 25.7 Å². The quantitative estimate of drug-likeness (QED) is 0.826. The summed E-state index contributed by atoms with van der Waals surface area (Å²) in [6.45, 7) is 3.41. The molecule has 5 nitrogen and oxygen atoms in total. The van der Waals surface area contributed by atoms with Crippen LogP contribution in [0.15, 0.2) is 29.2 Å². The Morgan fingerprint density at radius 2 is 1.84 bits per heavy atom. The van der Waals surface area contributed by atoms with Crippen molar-refractivity contribution in [3.8, 4) is 0 Å². The van der Waals surface area contributed by atoms with Crippen LogP contribution < -0.4 is 0 Å². The Morgan fingerprint density at radius 1 is 1.08 bits per heavy atom. The Hall–Kier alpha value is -1.40. The Labute approximate surface area is 150 Å². The zero-order chi connectivity index (χ0) is 17.6. The molecule has 3 heterocycles. The highest BCUT2D eigenvalue weighted by Crippen LogP contribution is 2.35. The summed E-state index contributed by atoms with van der Waals surface area (Å²) in [5.74, 6) is 0.605. The molecule has 1 aliphatic carbocycles. The molecule has 0 unspecified atom stereocenters.